The maximum atomic E-state index is 5.98. The summed E-state index contributed by atoms with van der Waals surface area (Å²) in [6.07, 6.45) is 8.27. The van der Waals surface area contributed by atoms with Crippen LogP contribution in [0.25, 0.3) is 0 Å². The van der Waals surface area contributed by atoms with Gasteiger partial charge in [0.1, 0.15) is 11.9 Å². The van der Waals surface area contributed by atoms with Crippen molar-refractivity contribution in [3.05, 3.63) is 41.5 Å². The van der Waals surface area contributed by atoms with Crippen molar-refractivity contribution in [2.75, 3.05) is 0 Å². The van der Waals surface area contributed by atoms with Crippen LogP contribution in [0.15, 0.2) is 30.4 Å². The minimum absolute atomic E-state index is 0.277. The number of benzene rings is 1. The summed E-state index contributed by atoms with van der Waals surface area (Å²) in [5.41, 5.74) is 2.48. The van der Waals surface area contributed by atoms with Gasteiger partial charge in [0.15, 0.2) is 0 Å². The highest BCUT2D eigenvalue weighted by atomic mass is 16.5. The van der Waals surface area contributed by atoms with Crippen LogP contribution in [0, 0.1) is 13.8 Å². The van der Waals surface area contributed by atoms with Crippen molar-refractivity contribution in [2.45, 2.75) is 39.2 Å². The summed E-state index contributed by atoms with van der Waals surface area (Å²) in [6, 6.07) is 6.37. The fourth-order valence-corrected chi connectivity index (χ4v) is 1.88. The van der Waals surface area contributed by atoms with E-state index in [2.05, 4.69) is 44.2 Å². The largest absolute Gasteiger partial charge is 0.486 e. The molecule has 0 radical (unpaired) electrons. The lowest BCUT2D eigenvalue weighted by molar-refractivity contribution is 0.228. The highest BCUT2D eigenvalue weighted by molar-refractivity contribution is 5.36. The van der Waals surface area contributed by atoms with Crippen LogP contribution in [0.1, 0.15) is 30.4 Å². The van der Waals surface area contributed by atoms with E-state index >= 15 is 0 Å². The lowest BCUT2D eigenvalue weighted by atomic mass is 10.1. The van der Waals surface area contributed by atoms with Gasteiger partial charge in [-0.05, 0) is 56.4 Å². The van der Waals surface area contributed by atoms with E-state index in [1.54, 1.807) is 0 Å². The Morgan fingerprint density at radius 1 is 1.27 bits per heavy atom. The first-order chi connectivity index (χ1) is 7.25. The fourth-order valence-electron chi connectivity index (χ4n) is 1.88. The number of allylic oxidation sites excluding steroid dienone is 1. The number of aryl methyl sites for hydroxylation is 2. The monoisotopic (exact) mass is 202 g/mol. The molecule has 1 aromatic carbocycles. The standard InChI is InChI=1S/C14H18O/c1-11-8-9-12(2)14(10-11)15-13-6-4-3-5-7-13/h4,6,8-10,13H,3,5,7H2,1-2H3. The van der Waals surface area contributed by atoms with Gasteiger partial charge < -0.3 is 4.74 Å². The summed E-state index contributed by atoms with van der Waals surface area (Å²) >= 11 is 0. The van der Waals surface area contributed by atoms with Crippen molar-refractivity contribution in [1.82, 2.24) is 0 Å². The molecule has 0 saturated heterocycles. The van der Waals surface area contributed by atoms with Gasteiger partial charge in [-0.15, -0.1) is 0 Å². The van der Waals surface area contributed by atoms with Gasteiger partial charge in [0.05, 0.1) is 0 Å². The Labute approximate surface area is 91.8 Å². The summed E-state index contributed by atoms with van der Waals surface area (Å²) < 4.78 is 5.98. The van der Waals surface area contributed by atoms with E-state index in [-0.39, 0.29) is 6.10 Å². The van der Waals surface area contributed by atoms with Crippen LogP contribution >= 0.6 is 0 Å². The van der Waals surface area contributed by atoms with Gasteiger partial charge in [0, 0.05) is 0 Å². The molecule has 0 bridgehead atoms. The van der Waals surface area contributed by atoms with Gasteiger partial charge in [-0.2, -0.15) is 0 Å². The predicted octanol–water partition coefficient (Wildman–Crippen LogP) is 3.79. The molecular weight excluding hydrogens is 184 g/mol. The molecule has 0 fully saturated rings. The van der Waals surface area contributed by atoms with Crippen molar-refractivity contribution >= 4 is 0 Å². The summed E-state index contributed by atoms with van der Waals surface area (Å²) in [6.45, 7) is 4.20. The molecule has 1 aliphatic rings. The Bertz CT molecular complexity index is 366. The zero-order valence-electron chi connectivity index (χ0n) is 9.49. The first kappa shape index (κ1) is 10.3. The van der Waals surface area contributed by atoms with Gasteiger partial charge >= 0.3 is 0 Å². The molecule has 0 aromatic heterocycles. The smallest absolute Gasteiger partial charge is 0.123 e. The second kappa shape index (κ2) is 4.52. The average Bonchev–Trinajstić information content (AvgIpc) is 2.25. The van der Waals surface area contributed by atoms with E-state index in [1.807, 2.05) is 0 Å². The molecule has 1 atom stereocenters. The third-order valence-corrected chi connectivity index (χ3v) is 2.83. The molecule has 0 spiro atoms. The lowest BCUT2D eigenvalue weighted by Crippen LogP contribution is -2.16. The lowest BCUT2D eigenvalue weighted by Gasteiger charge is -2.20. The van der Waals surface area contributed by atoms with Crippen molar-refractivity contribution in [3.63, 3.8) is 0 Å². The van der Waals surface area contributed by atoms with Crippen LogP contribution in [0.4, 0.5) is 0 Å². The van der Waals surface area contributed by atoms with Crippen LogP contribution in [0.5, 0.6) is 5.75 Å². The molecule has 2 rings (SSSR count). The molecule has 80 valence electrons. The molecule has 15 heavy (non-hydrogen) atoms. The molecule has 0 N–H and O–H groups in total. The number of rotatable bonds is 2. The first-order valence-corrected chi connectivity index (χ1v) is 5.66. The number of ether oxygens (including phenoxy) is 1. The Hall–Kier alpha value is -1.24. The van der Waals surface area contributed by atoms with E-state index < -0.39 is 0 Å². The van der Waals surface area contributed by atoms with E-state index in [0.717, 1.165) is 12.2 Å². The topological polar surface area (TPSA) is 9.23 Å². The maximum Gasteiger partial charge on any atom is 0.123 e. The molecule has 0 aliphatic heterocycles. The zero-order valence-corrected chi connectivity index (χ0v) is 9.49. The van der Waals surface area contributed by atoms with E-state index in [0.29, 0.717) is 0 Å². The quantitative estimate of drug-likeness (QED) is 0.663. The third-order valence-electron chi connectivity index (χ3n) is 2.83. The van der Waals surface area contributed by atoms with Crippen molar-refractivity contribution in [3.8, 4) is 5.75 Å². The van der Waals surface area contributed by atoms with E-state index in [9.17, 15) is 0 Å². The average molecular weight is 202 g/mol. The molecule has 1 heteroatoms. The van der Waals surface area contributed by atoms with Crippen molar-refractivity contribution in [1.29, 1.82) is 0 Å². The second-order valence-corrected chi connectivity index (χ2v) is 4.28. The highest BCUT2D eigenvalue weighted by Crippen LogP contribution is 2.23. The minimum atomic E-state index is 0.277. The molecule has 0 amide bonds. The molecular formula is C14H18O. The Morgan fingerprint density at radius 2 is 2.13 bits per heavy atom. The second-order valence-electron chi connectivity index (χ2n) is 4.28. The Balaban J connectivity index is 2.12. The molecule has 0 heterocycles. The highest BCUT2D eigenvalue weighted by Gasteiger charge is 2.10. The third kappa shape index (κ3) is 2.62. The van der Waals surface area contributed by atoms with Crippen molar-refractivity contribution < 1.29 is 4.74 Å². The van der Waals surface area contributed by atoms with Crippen LogP contribution in [-0.2, 0) is 0 Å². The molecule has 1 nitrogen and oxygen atoms in total. The van der Waals surface area contributed by atoms with Crippen molar-refractivity contribution in [2.24, 2.45) is 0 Å². The summed E-state index contributed by atoms with van der Waals surface area (Å²) in [4.78, 5) is 0. The van der Waals surface area contributed by atoms with Crippen LogP contribution < -0.4 is 4.74 Å². The van der Waals surface area contributed by atoms with Gasteiger partial charge in [0.25, 0.3) is 0 Å². The maximum absolute atomic E-state index is 5.98. The normalized spacial score (nSPS) is 20.3. The first-order valence-electron chi connectivity index (χ1n) is 5.66. The van der Waals surface area contributed by atoms with Gasteiger partial charge in [-0.1, -0.05) is 18.2 Å². The molecule has 1 aliphatic carbocycles. The van der Waals surface area contributed by atoms with Gasteiger partial charge in [-0.25, -0.2) is 0 Å². The molecule has 0 saturated carbocycles. The summed E-state index contributed by atoms with van der Waals surface area (Å²) in [7, 11) is 0. The van der Waals surface area contributed by atoms with Crippen LogP contribution in [0.2, 0.25) is 0 Å². The number of hydrogen-bond donors (Lipinski definition) is 0. The van der Waals surface area contributed by atoms with Crippen LogP contribution in [0.3, 0.4) is 0 Å². The van der Waals surface area contributed by atoms with E-state index in [1.165, 1.54) is 24.0 Å². The molecule has 1 unspecified atom stereocenters. The van der Waals surface area contributed by atoms with E-state index in [4.69, 9.17) is 4.74 Å². The van der Waals surface area contributed by atoms with Crippen LogP contribution in [-0.4, -0.2) is 6.10 Å². The van der Waals surface area contributed by atoms with Gasteiger partial charge in [-0.3, -0.25) is 0 Å². The zero-order chi connectivity index (χ0) is 10.7. The predicted molar refractivity (Wildman–Crippen MR) is 63.3 cm³/mol. The minimum Gasteiger partial charge on any atom is -0.486 e. The summed E-state index contributed by atoms with van der Waals surface area (Å²) in [5, 5.41) is 0. The number of hydrogen-bond acceptors (Lipinski definition) is 1. The van der Waals surface area contributed by atoms with Gasteiger partial charge in [0.2, 0.25) is 0 Å². The summed E-state index contributed by atoms with van der Waals surface area (Å²) in [5.74, 6) is 1.03. The SMILES string of the molecule is Cc1ccc(C)c(OC2C=CCCC2)c1. The molecule has 1 aromatic rings. The fraction of sp³-hybridized carbons (Fsp3) is 0.429. The Kier molecular flexibility index (Phi) is 3.10. The Morgan fingerprint density at radius 3 is 2.87 bits per heavy atom.